The van der Waals surface area contributed by atoms with Crippen molar-refractivity contribution in [3.8, 4) is 5.75 Å². The minimum absolute atomic E-state index is 0.0414. The molecule has 2 atom stereocenters. The van der Waals surface area contributed by atoms with Crippen LogP contribution in [0, 0.1) is 0 Å². The predicted molar refractivity (Wildman–Crippen MR) is 87.2 cm³/mol. The van der Waals surface area contributed by atoms with Gasteiger partial charge in [-0.3, -0.25) is 0 Å². The maximum Gasteiger partial charge on any atom is 0.416 e. The Morgan fingerprint density at radius 2 is 1.67 bits per heavy atom. The molecule has 1 saturated heterocycles. The summed E-state index contributed by atoms with van der Waals surface area (Å²) in [5.41, 5.74) is 0.541. The number of halogens is 3. The fraction of sp³-hybridized carbons (Fsp3) is 0.368. The van der Waals surface area contributed by atoms with E-state index in [1.54, 1.807) is 0 Å². The minimum Gasteiger partial charge on any atom is -0.490 e. The van der Waals surface area contributed by atoms with Crippen LogP contribution in [0.4, 0.5) is 13.2 Å². The Balaban J connectivity index is 1.77. The van der Waals surface area contributed by atoms with Gasteiger partial charge in [-0.15, -0.1) is 0 Å². The summed E-state index contributed by atoms with van der Waals surface area (Å²) in [6.07, 6.45) is -3.52. The molecular weight excluding hydrogens is 315 g/mol. The lowest BCUT2D eigenvalue weighted by Gasteiger charge is -2.37. The minimum atomic E-state index is -4.32. The summed E-state index contributed by atoms with van der Waals surface area (Å²) >= 11 is 0. The number of alkyl halides is 3. The van der Waals surface area contributed by atoms with Gasteiger partial charge in [-0.1, -0.05) is 30.3 Å². The van der Waals surface area contributed by atoms with Crippen LogP contribution in [-0.4, -0.2) is 31.1 Å². The van der Waals surface area contributed by atoms with E-state index in [0.717, 1.165) is 31.6 Å². The van der Waals surface area contributed by atoms with Gasteiger partial charge in [-0.2, -0.15) is 13.2 Å². The highest BCUT2D eigenvalue weighted by atomic mass is 19.4. The number of ether oxygens (including phenoxy) is 1. The summed E-state index contributed by atoms with van der Waals surface area (Å²) in [6, 6.07) is 15.1. The van der Waals surface area contributed by atoms with Gasteiger partial charge in [0.1, 0.15) is 11.9 Å². The van der Waals surface area contributed by atoms with E-state index in [1.807, 2.05) is 18.2 Å². The smallest absolute Gasteiger partial charge is 0.416 e. The zero-order valence-electron chi connectivity index (χ0n) is 13.5. The molecule has 5 heteroatoms. The second kappa shape index (κ2) is 6.85. The topological polar surface area (TPSA) is 12.5 Å². The molecule has 1 heterocycles. The maximum atomic E-state index is 12.7. The molecule has 2 unspecified atom stereocenters. The molecular formula is C19H20F3NO. The molecule has 1 aliphatic rings. The Hall–Kier alpha value is -2.01. The normalized spacial score (nSPS) is 22.3. The SMILES string of the molecule is CN1CCC(Oc2ccc(C(F)(F)F)cc2)C(c2ccccc2)C1. The predicted octanol–water partition coefficient (Wildman–Crippen LogP) is 4.57. The zero-order chi connectivity index (χ0) is 17.2. The average Bonchev–Trinajstić information content (AvgIpc) is 2.57. The van der Waals surface area contributed by atoms with Crippen molar-refractivity contribution in [1.29, 1.82) is 0 Å². The molecule has 2 aromatic rings. The maximum absolute atomic E-state index is 12.7. The molecule has 0 aromatic heterocycles. The van der Waals surface area contributed by atoms with Gasteiger partial charge in [0, 0.05) is 19.0 Å². The van der Waals surface area contributed by atoms with E-state index in [4.69, 9.17) is 4.74 Å². The number of hydrogen-bond acceptors (Lipinski definition) is 2. The second-order valence-corrected chi connectivity index (χ2v) is 6.25. The molecule has 0 N–H and O–H groups in total. The number of piperidine rings is 1. The van der Waals surface area contributed by atoms with Gasteiger partial charge in [0.05, 0.1) is 5.56 Å². The van der Waals surface area contributed by atoms with Gasteiger partial charge in [0.2, 0.25) is 0 Å². The van der Waals surface area contributed by atoms with Crippen molar-refractivity contribution in [2.24, 2.45) is 0 Å². The highest BCUT2D eigenvalue weighted by Crippen LogP contribution is 2.33. The number of hydrogen-bond donors (Lipinski definition) is 0. The van der Waals surface area contributed by atoms with Gasteiger partial charge < -0.3 is 9.64 Å². The third-order valence-electron chi connectivity index (χ3n) is 4.45. The zero-order valence-corrected chi connectivity index (χ0v) is 13.5. The molecule has 0 spiro atoms. The first-order chi connectivity index (χ1) is 11.4. The van der Waals surface area contributed by atoms with Crippen LogP contribution in [0.25, 0.3) is 0 Å². The highest BCUT2D eigenvalue weighted by Gasteiger charge is 2.32. The first-order valence-electron chi connectivity index (χ1n) is 8.01. The van der Waals surface area contributed by atoms with Crippen LogP contribution in [0.3, 0.4) is 0 Å². The van der Waals surface area contributed by atoms with E-state index in [9.17, 15) is 13.2 Å². The van der Waals surface area contributed by atoms with E-state index in [0.29, 0.717) is 5.75 Å². The molecule has 0 saturated carbocycles. The van der Waals surface area contributed by atoms with Gasteiger partial charge in [-0.25, -0.2) is 0 Å². The Labute approximate surface area is 139 Å². The summed E-state index contributed by atoms with van der Waals surface area (Å²) in [5, 5.41) is 0. The summed E-state index contributed by atoms with van der Waals surface area (Å²) in [5.74, 6) is 0.686. The standard InChI is InChI=1S/C19H20F3NO/c1-23-12-11-18(17(13-23)14-5-3-2-4-6-14)24-16-9-7-15(8-10-16)19(20,21)22/h2-10,17-18H,11-13H2,1H3. The molecule has 128 valence electrons. The Morgan fingerprint density at radius 3 is 2.29 bits per heavy atom. The lowest BCUT2D eigenvalue weighted by atomic mass is 9.88. The number of likely N-dealkylation sites (N-methyl/N-ethyl adjacent to an activating group) is 1. The van der Waals surface area contributed by atoms with E-state index in [-0.39, 0.29) is 12.0 Å². The lowest BCUT2D eigenvalue weighted by molar-refractivity contribution is -0.137. The van der Waals surface area contributed by atoms with Crippen molar-refractivity contribution in [3.05, 3.63) is 65.7 Å². The molecule has 2 aromatic carbocycles. The molecule has 2 nitrogen and oxygen atoms in total. The van der Waals surface area contributed by atoms with E-state index in [1.165, 1.54) is 17.7 Å². The van der Waals surface area contributed by atoms with Crippen LogP contribution in [0.2, 0.25) is 0 Å². The van der Waals surface area contributed by atoms with Crippen LogP contribution < -0.4 is 4.74 Å². The molecule has 0 aliphatic carbocycles. The van der Waals surface area contributed by atoms with Crippen molar-refractivity contribution >= 4 is 0 Å². The van der Waals surface area contributed by atoms with Crippen LogP contribution in [0.1, 0.15) is 23.5 Å². The van der Waals surface area contributed by atoms with Crippen molar-refractivity contribution < 1.29 is 17.9 Å². The van der Waals surface area contributed by atoms with Crippen molar-refractivity contribution in [2.45, 2.75) is 24.6 Å². The van der Waals surface area contributed by atoms with Crippen LogP contribution >= 0.6 is 0 Å². The van der Waals surface area contributed by atoms with Crippen LogP contribution in [0.15, 0.2) is 54.6 Å². The average molecular weight is 335 g/mol. The van der Waals surface area contributed by atoms with Crippen molar-refractivity contribution in [3.63, 3.8) is 0 Å². The Morgan fingerprint density at radius 1 is 1.00 bits per heavy atom. The van der Waals surface area contributed by atoms with E-state index in [2.05, 4.69) is 24.1 Å². The largest absolute Gasteiger partial charge is 0.490 e. The molecule has 1 fully saturated rings. The molecule has 24 heavy (non-hydrogen) atoms. The van der Waals surface area contributed by atoms with Crippen LogP contribution in [0.5, 0.6) is 5.75 Å². The van der Waals surface area contributed by atoms with Crippen LogP contribution in [-0.2, 0) is 6.18 Å². The quantitative estimate of drug-likeness (QED) is 0.814. The molecule has 3 rings (SSSR count). The van der Waals surface area contributed by atoms with Crippen molar-refractivity contribution in [1.82, 2.24) is 4.90 Å². The Kier molecular flexibility index (Phi) is 4.81. The third kappa shape index (κ3) is 3.90. The van der Waals surface area contributed by atoms with Gasteiger partial charge >= 0.3 is 6.18 Å². The fourth-order valence-corrected chi connectivity index (χ4v) is 3.15. The number of rotatable bonds is 3. The van der Waals surface area contributed by atoms with Gasteiger partial charge in [0.25, 0.3) is 0 Å². The van der Waals surface area contributed by atoms with E-state index >= 15 is 0 Å². The summed E-state index contributed by atoms with van der Waals surface area (Å²) < 4.78 is 44.0. The second-order valence-electron chi connectivity index (χ2n) is 6.25. The number of nitrogens with zero attached hydrogens (tertiary/aromatic N) is 1. The number of likely N-dealkylation sites (tertiary alicyclic amines) is 1. The molecule has 0 bridgehead atoms. The highest BCUT2D eigenvalue weighted by molar-refractivity contribution is 5.30. The molecule has 0 radical (unpaired) electrons. The monoisotopic (exact) mass is 335 g/mol. The molecule has 0 amide bonds. The number of benzene rings is 2. The summed E-state index contributed by atoms with van der Waals surface area (Å²) in [6.45, 7) is 1.78. The summed E-state index contributed by atoms with van der Waals surface area (Å²) in [7, 11) is 2.07. The molecule has 1 aliphatic heterocycles. The third-order valence-corrected chi connectivity index (χ3v) is 4.45. The van der Waals surface area contributed by atoms with Gasteiger partial charge in [-0.05, 0) is 43.3 Å². The first kappa shape index (κ1) is 16.8. The van der Waals surface area contributed by atoms with Crippen molar-refractivity contribution in [2.75, 3.05) is 20.1 Å². The fourth-order valence-electron chi connectivity index (χ4n) is 3.15. The van der Waals surface area contributed by atoms with E-state index < -0.39 is 11.7 Å². The lowest BCUT2D eigenvalue weighted by Crippen LogP contribution is -2.42. The Bertz CT molecular complexity index is 655. The van der Waals surface area contributed by atoms with Gasteiger partial charge in [0.15, 0.2) is 0 Å². The summed E-state index contributed by atoms with van der Waals surface area (Å²) in [4.78, 5) is 2.25. The first-order valence-corrected chi connectivity index (χ1v) is 8.01.